The molecule has 0 unspecified atom stereocenters. The molecule has 7 heteroatoms. The summed E-state index contributed by atoms with van der Waals surface area (Å²) < 4.78 is 33.5. The highest BCUT2D eigenvalue weighted by molar-refractivity contribution is 7.92. The lowest BCUT2D eigenvalue weighted by atomic mass is 10.1. The lowest BCUT2D eigenvalue weighted by Crippen LogP contribution is -2.14. The smallest absolute Gasteiger partial charge is 0.261 e. The van der Waals surface area contributed by atoms with Gasteiger partial charge in [0, 0.05) is 16.9 Å². The van der Waals surface area contributed by atoms with E-state index in [1.54, 1.807) is 48.5 Å². The van der Waals surface area contributed by atoms with E-state index in [0.29, 0.717) is 22.7 Å². The zero-order valence-corrected chi connectivity index (χ0v) is 18.8. The van der Waals surface area contributed by atoms with Crippen LogP contribution in [0.5, 0.6) is 5.75 Å². The Morgan fingerprint density at radius 3 is 2.19 bits per heavy atom. The first-order chi connectivity index (χ1) is 14.6. The van der Waals surface area contributed by atoms with Gasteiger partial charge in [0.1, 0.15) is 5.75 Å². The monoisotopic (exact) mass is 438 g/mol. The minimum absolute atomic E-state index is 0.00485. The Morgan fingerprint density at radius 1 is 0.871 bits per heavy atom. The molecule has 0 saturated carbocycles. The van der Waals surface area contributed by atoms with Crippen LogP contribution in [0.2, 0.25) is 0 Å². The molecule has 3 rings (SSSR count). The van der Waals surface area contributed by atoms with Crippen molar-refractivity contribution in [1.82, 2.24) is 0 Å². The van der Waals surface area contributed by atoms with Crippen molar-refractivity contribution in [3.63, 3.8) is 0 Å². The molecule has 0 atom stereocenters. The first-order valence-corrected chi connectivity index (χ1v) is 11.4. The van der Waals surface area contributed by atoms with Crippen LogP contribution in [0.15, 0.2) is 71.6 Å². The molecule has 0 aromatic heterocycles. The first-order valence-electron chi connectivity index (χ1n) is 9.92. The van der Waals surface area contributed by atoms with Crippen molar-refractivity contribution < 1.29 is 17.9 Å². The third-order valence-corrected chi connectivity index (χ3v) is 6.05. The van der Waals surface area contributed by atoms with Crippen molar-refractivity contribution in [2.45, 2.75) is 38.7 Å². The van der Waals surface area contributed by atoms with Crippen LogP contribution in [-0.2, 0) is 10.0 Å². The number of benzene rings is 3. The van der Waals surface area contributed by atoms with Crippen LogP contribution in [0.1, 0.15) is 35.3 Å². The molecule has 1 amide bonds. The van der Waals surface area contributed by atoms with Crippen molar-refractivity contribution >= 4 is 27.3 Å². The van der Waals surface area contributed by atoms with Crippen molar-refractivity contribution in [2.75, 3.05) is 10.0 Å². The van der Waals surface area contributed by atoms with Gasteiger partial charge in [0.25, 0.3) is 15.9 Å². The average Bonchev–Trinajstić information content (AvgIpc) is 2.70. The molecule has 0 radical (unpaired) electrons. The van der Waals surface area contributed by atoms with E-state index in [1.165, 1.54) is 12.1 Å². The Balaban J connectivity index is 1.70. The third-order valence-electron chi connectivity index (χ3n) is 4.65. The molecule has 0 heterocycles. The van der Waals surface area contributed by atoms with E-state index >= 15 is 0 Å². The molecule has 0 spiro atoms. The van der Waals surface area contributed by atoms with Gasteiger partial charge < -0.3 is 10.1 Å². The maximum Gasteiger partial charge on any atom is 0.261 e. The van der Waals surface area contributed by atoms with Crippen LogP contribution in [0.25, 0.3) is 0 Å². The molecule has 0 fully saturated rings. The maximum atomic E-state index is 12.7. The molecule has 2 N–H and O–H groups in total. The Bertz CT molecular complexity index is 1190. The summed E-state index contributed by atoms with van der Waals surface area (Å²) >= 11 is 0. The third kappa shape index (κ3) is 5.86. The summed E-state index contributed by atoms with van der Waals surface area (Å²) in [6.45, 7) is 7.72. The molecule has 31 heavy (non-hydrogen) atoms. The molecule has 0 aliphatic rings. The molecule has 0 bridgehead atoms. The Labute approximate surface area is 183 Å². The van der Waals surface area contributed by atoms with Gasteiger partial charge in [-0.05, 0) is 93.4 Å². The van der Waals surface area contributed by atoms with Crippen LogP contribution in [0.3, 0.4) is 0 Å². The van der Waals surface area contributed by atoms with Crippen molar-refractivity contribution in [1.29, 1.82) is 0 Å². The molecule has 6 nitrogen and oxygen atoms in total. The van der Waals surface area contributed by atoms with E-state index in [4.69, 9.17) is 4.74 Å². The zero-order chi connectivity index (χ0) is 22.6. The van der Waals surface area contributed by atoms with E-state index in [0.717, 1.165) is 11.1 Å². The summed E-state index contributed by atoms with van der Waals surface area (Å²) in [4.78, 5) is 12.6. The van der Waals surface area contributed by atoms with Gasteiger partial charge in [-0.15, -0.1) is 0 Å². The lowest BCUT2D eigenvalue weighted by Gasteiger charge is -2.12. The predicted molar refractivity (Wildman–Crippen MR) is 123 cm³/mol. The number of anilines is 2. The van der Waals surface area contributed by atoms with Crippen LogP contribution in [0.4, 0.5) is 11.4 Å². The summed E-state index contributed by atoms with van der Waals surface area (Å²) in [5, 5.41) is 2.77. The Hall–Kier alpha value is -3.32. The van der Waals surface area contributed by atoms with E-state index < -0.39 is 10.0 Å². The van der Waals surface area contributed by atoms with E-state index in [-0.39, 0.29) is 16.9 Å². The summed E-state index contributed by atoms with van der Waals surface area (Å²) in [7, 11) is -3.74. The summed E-state index contributed by atoms with van der Waals surface area (Å²) in [5.74, 6) is 0.305. The molecule has 0 aliphatic carbocycles. The van der Waals surface area contributed by atoms with E-state index in [2.05, 4.69) is 10.0 Å². The van der Waals surface area contributed by atoms with Crippen molar-refractivity contribution in [2.24, 2.45) is 0 Å². The lowest BCUT2D eigenvalue weighted by molar-refractivity contribution is 0.102. The van der Waals surface area contributed by atoms with Crippen LogP contribution in [-0.4, -0.2) is 20.4 Å². The summed E-state index contributed by atoms with van der Waals surface area (Å²) in [5.41, 5.74) is 3.53. The van der Waals surface area contributed by atoms with E-state index in [1.807, 2.05) is 33.8 Å². The fourth-order valence-electron chi connectivity index (χ4n) is 2.92. The molecule has 162 valence electrons. The normalized spacial score (nSPS) is 11.3. The van der Waals surface area contributed by atoms with Crippen molar-refractivity contribution in [3.8, 4) is 5.75 Å². The summed E-state index contributed by atoms with van der Waals surface area (Å²) in [6, 6.07) is 18.3. The number of hydrogen-bond acceptors (Lipinski definition) is 4. The molecule has 3 aromatic carbocycles. The second-order valence-electron chi connectivity index (χ2n) is 7.58. The minimum atomic E-state index is -3.74. The van der Waals surface area contributed by atoms with Gasteiger partial charge in [-0.2, -0.15) is 0 Å². The van der Waals surface area contributed by atoms with Gasteiger partial charge in [-0.25, -0.2) is 8.42 Å². The number of rotatable bonds is 7. The van der Waals surface area contributed by atoms with Gasteiger partial charge in [-0.3, -0.25) is 9.52 Å². The van der Waals surface area contributed by atoms with Crippen LogP contribution in [0, 0.1) is 13.8 Å². The zero-order valence-electron chi connectivity index (χ0n) is 18.0. The number of carbonyl (C=O) groups is 1. The number of nitrogens with one attached hydrogen (secondary N) is 2. The first kappa shape index (κ1) is 22.4. The van der Waals surface area contributed by atoms with E-state index in [9.17, 15) is 13.2 Å². The fraction of sp³-hybridized carbons (Fsp3) is 0.208. The highest BCUT2D eigenvalue weighted by atomic mass is 32.2. The van der Waals surface area contributed by atoms with Gasteiger partial charge in [0.15, 0.2) is 0 Å². The molecule has 3 aromatic rings. The van der Waals surface area contributed by atoms with Gasteiger partial charge in [-0.1, -0.05) is 12.1 Å². The number of carbonyl (C=O) groups excluding carboxylic acids is 1. The predicted octanol–water partition coefficient (Wildman–Crippen LogP) is 5.14. The Morgan fingerprint density at radius 2 is 1.55 bits per heavy atom. The quantitative estimate of drug-likeness (QED) is 0.535. The topological polar surface area (TPSA) is 84.5 Å². The Kier molecular flexibility index (Phi) is 6.65. The molecular weight excluding hydrogens is 412 g/mol. The number of ether oxygens (including phenoxy) is 1. The van der Waals surface area contributed by atoms with Gasteiger partial charge >= 0.3 is 0 Å². The highest BCUT2D eigenvalue weighted by Gasteiger charge is 2.15. The standard InChI is InChI=1S/C24H26N2O4S/c1-16(2)30-22-7-5-6-19(15-22)24(27)25-20-10-12-23(13-11-20)31(28,29)26-21-9-8-17(3)18(4)14-21/h5-16,26H,1-4H3,(H,25,27). The largest absolute Gasteiger partial charge is 0.491 e. The second kappa shape index (κ2) is 9.22. The summed E-state index contributed by atoms with van der Waals surface area (Å²) in [6.07, 6.45) is 0.00485. The number of aryl methyl sites for hydroxylation is 2. The van der Waals surface area contributed by atoms with Crippen LogP contribution < -0.4 is 14.8 Å². The number of amides is 1. The average molecular weight is 439 g/mol. The SMILES string of the molecule is Cc1ccc(NS(=O)(=O)c2ccc(NC(=O)c3cccc(OC(C)C)c3)cc2)cc1C. The van der Waals surface area contributed by atoms with Gasteiger partial charge in [0.2, 0.25) is 0 Å². The molecule has 0 aliphatic heterocycles. The van der Waals surface area contributed by atoms with Gasteiger partial charge in [0.05, 0.1) is 11.0 Å². The molecule has 0 saturated heterocycles. The highest BCUT2D eigenvalue weighted by Crippen LogP contribution is 2.21. The minimum Gasteiger partial charge on any atom is -0.491 e. The number of sulfonamides is 1. The maximum absolute atomic E-state index is 12.7. The van der Waals surface area contributed by atoms with Crippen LogP contribution >= 0.6 is 0 Å². The fourth-order valence-corrected chi connectivity index (χ4v) is 3.97. The van der Waals surface area contributed by atoms with Crippen molar-refractivity contribution in [3.05, 3.63) is 83.4 Å². The second-order valence-corrected chi connectivity index (χ2v) is 9.26. The molecular formula is C24H26N2O4S. The number of hydrogen-bond donors (Lipinski definition) is 2.